The van der Waals surface area contributed by atoms with Crippen LogP contribution in [0.25, 0.3) is 10.4 Å². The predicted octanol–water partition coefficient (Wildman–Crippen LogP) is 3.54. The molecule has 2 aromatic rings. The van der Waals surface area contributed by atoms with Crippen molar-refractivity contribution >= 4 is 17.6 Å². The van der Waals surface area contributed by atoms with Gasteiger partial charge in [0.1, 0.15) is 6.29 Å². The lowest BCUT2D eigenvalue weighted by atomic mass is 10.0. The lowest BCUT2D eigenvalue weighted by molar-refractivity contribution is 0.112. The van der Waals surface area contributed by atoms with E-state index in [1.165, 1.54) is 10.4 Å². The molecule has 0 N–H and O–H groups in total. The van der Waals surface area contributed by atoms with Crippen molar-refractivity contribution in [3.8, 4) is 10.4 Å². The Labute approximate surface area is 87.0 Å². The highest BCUT2D eigenvalue weighted by Gasteiger charge is 2.02. The molecule has 14 heavy (non-hydrogen) atoms. The van der Waals surface area contributed by atoms with E-state index in [1.807, 2.05) is 31.2 Å². The number of benzene rings is 1. The van der Waals surface area contributed by atoms with Gasteiger partial charge in [0, 0.05) is 10.4 Å². The number of hydrogen-bond acceptors (Lipinski definition) is 2. The van der Waals surface area contributed by atoms with Crippen LogP contribution in [0.2, 0.25) is 0 Å². The van der Waals surface area contributed by atoms with Gasteiger partial charge in [-0.25, -0.2) is 0 Å². The number of carbonyl (C=O) groups is 1. The summed E-state index contributed by atoms with van der Waals surface area (Å²) >= 11 is 1.72. The van der Waals surface area contributed by atoms with E-state index in [-0.39, 0.29) is 0 Å². The Balaban J connectivity index is 2.51. The first-order valence-corrected chi connectivity index (χ1v) is 5.29. The molecular weight excluding hydrogens is 192 g/mol. The molecule has 0 radical (unpaired) electrons. The highest BCUT2D eigenvalue weighted by atomic mass is 32.1. The van der Waals surface area contributed by atoms with Crippen LogP contribution in [0, 0.1) is 6.92 Å². The molecule has 0 unspecified atom stereocenters. The molecule has 0 bridgehead atoms. The lowest BCUT2D eigenvalue weighted by Crippen LogP contribution is -1.84. The Morgan fingerprint density at radius 2 is 2.14 bits per heavy atom. The van der Waals surface area contributed by atoms with E-state index in [2.05, 4.69) is 11.4 Å². The Bertz CT molecular complexity index is 443. The van der Waals surface area contributed by atoms with Crippen molar-refractivity contribution in [2.75, 3.05) is 0 Å². The van der Waals surface area contributed by atoms with Crippen LogP contribution in [-0.4, -0.2) is 6.29 Å². The summed E-state index contributed by atoms with van der Waals surface area (Å²) in [7, 11) is 0. The molecule has 1 heterocycles. The molecule has 0 aliphatic carbocycles. The van der Waals surface area contributed by atoms with E-state index in [4.69, 9.17) is 0 Å². The van der Waals surface area contributed by atoms with Crippen molar-refractivity contribution in [1.82, 2.24) is 0 Å². The molecular formula is C12H10OS. The molecule has 0 atom stereocenters. The van der Waals surface area contributed by atoms with Crippen molar-refractivity contribution in [2.24, 2.45) is 0 Å². The van der Waals surface area contributed by atoms with E-state index in [0.29, 0.717) is 0 Å². The van der Waals surface area contributed by atoms with E-state index >= 15 is 0 Å². The first kappa shape index (κ1) is 9.16. The second-order valence-corrected chi connectivity index (χ2v) is 4.12. The normalized spacial score (nSPS) is 10.1. The molecule has 1 aromatic carbocycles. The zero-order chi connectivity index (χ0) is 9.97. The van der Waals surface area contributed by atoms with Crippen molar-refractivity contribution in [3.63, 3.8) is 0 Å². The molecule has 0 saturated heterocycles. The minimum atomic E-state index is 0.739. The molecule has 0 fully saturated rings. The van der Waals surface area contributed by atoms with Crippen molar-refractivity contribution in [1.29, 1.82) is 0 Å². The zero-order valence-electron chi connectivity index (χ0n) is 7.86. The largest absolute Gasteiger partial charge is 0.298 e. The van der Waals surface area contributed by atoms with Gasteiger partial charge in [0.15, 0.2) is 0 Å². The fraction of sp³-hybridized carbons (Fsp3) is 0.0833. The Morgan fingerprint density at radius 3 is 2.71 bits per heavy atom. The highest BCUT2D eigenvalue weighted by molar-refractivity contribution is 7.13. The summed E-state index contributed by atoms with van der Waals surface area (Å²) in [6.07, 6.45) is 0.880. The quantitative estimate of drug-likeness (QED) is 0.681. The minimum absolute atomic E-state index is 0.739. The first-order chi connectivity index (χ1) is 6.81. The molecule has 0 aliphatic heterocycles. The third-order valence-electron chi connectivity index (χ3n) is 2.17. The van der Waals surface area contributed by atoms with Crippen LogP contribution in [-0.2, 0) is 0 Å². The van der Waals surface area contributed by atoms with Crippen LogP contribution < -0.4 is 0 Å². The Hall–Kier alpha value is -1.41. The molecule has 2 rings (SSSR count). The molecule has 1 aromatic heterocycles. The number of hydrogen-bond donors (Lipinski definition) is 0. The molecule has 0 aliphatic rings. The van der Waals surface area contributed by atoms with Crippen LogP contribution >= 0.6 is 11.3 Å². The summed E-state index contributed by atoms with van der Waals surface area (Å²) in [4.78, 5) is 11.8. The maximum absolute atomic E-state index is 10.6. The SMILES string of the molecule is Cc1cc(C=O)ccc1-c1cccs1. The molecule has 70 valence electrons. The number of carbonyl (C=O) groups excluding carboxylic acids is 1. The van der Waals surface area contributed by atoms with Crippen molar-refractivity contribution in [2.45, 2.75) is 6.92 Å². The van der Waals surface area contributed by atoms with Gasteiger partial charge in [-0.3, -0.25) is 4.79 Å². The average Bonchev–Trinajstić information content (AvgIpc) is 2.70. The van der Waals surface area contributed by atoms with Crippen LogP contribution in [0.15, 0.2) is 35.7 Å². The minimum Gasteiger partial charge on any atom is -0.298 e. The van der Waals surface area contributed by atoms with E-state index < -0.39 is 0 Å². The fourth-order valence-corrected chi connectivity index (χ4v) is 2.29. The van der Waals surface area contributed by atoms with Gasteiger partial charge in [-0.2, -0.15) is 0 Å². The van der Waals surface area contributed by atoms with Gasteiger partial charge in [0.2, 0.25) is 0 Å². The molecule has 0 saturated carbocycles. The first-order valence-electron chi connectivity index (χ1n) is 4.41. The van der Waals surface area contributed by atoms with Crippen LogP contribution in [0.3, 0.4) is 0 Å². The third-order valence-corrected chi connectivity index (χ3v) is 3.08. The summed E-state index contributed by atoms with van der Waals surface area (Å²) in [5.41, 5.74) is 3.10. The highest BCUT2D eigenvalue weighted by Crippen LogP contribution is 2.27. The Morgan fingerprint density at radius 1 is 1.29 bits per heavy atom. The van der Waals surface area contributed by atoms with E-state index in [0.717, 1.165) is 17.4 Å². The maximum Gasteiger partial charge on any atom is 0.150 e. The van der Waals surface area contributed by atoms with Crippen molar-refractivity contribution < 1.29 is 4.79 Å². The third kappa shape index (κ3) is 1.61. The van der Waals surface area contributed by atoms with E-state index in [1.54, 1.807) is 11.3 Å². The van der Waals surface area contributed by atoms with Gasteiger partial charge in [-0.1, -0.05) is 18.2 Å². The number of rotatable bonds is 2. The van der Waals surface area contributed by atoms with Crippen molar-refractivity contribution in [3.05, 3.63) is 46.8 Å². The van der Waals surface area contributed by atoms with Gasteiger partial charge in [0.25, 0.3) is 0 Å². The molecule has 2 heteroatoms. The predicted molar refractivity (Wildman–Crippen MR) is 59.9 cm³/mol. The lowest BCUT2D eigenvalue weighted by Gasteiger charge is -2.03. The van der Waals surface area contributed by atoms with Crippen LogP contribution in [0.4, 0.5) is 0 Å². The zero-order valence-corrected chi connectivity index (χ0v) is 8.67. The van der Waals surface area contributed by atoms with Gasteiger partial charge >= 0.3 is 0 Å². The monoisotopic (exact) mass is 202 g/mol. The standard InChI is InChI=1S/C12H10OS/c1-9-7-10(8-13)4-5-11(9)12-3-2-6-14-12/h2-8H,1H3. The molecule has 0 spiro atoms. The smallest absolute Gasteiger partial charge is 0.150 e. The summed E-state index contributed by atoms with van der Waals surface area (Å²) < 4.78 is 0. The van der Waals surface area contributed by atoms with Gasteiger partial charge < -0.3 is 0 Å². The summed E-state index contributed by atoms with van der Waals surface area (Å²) in [6, 6.07) is 9.91. The maximum atomic E-state index is 10.6. The van der Waals surface area contributed by atoms with Gasteiger partial charge in [-0.05, 0) is 35.6 Å². The average molecular weight is 202 g/mol. The number of thiophene rings is 1. The van der Waals surface area contributed by atoms with E-state index in [9.17, 15) is 4.79 Å². The number of aldehydes is 1. The van der Waals surface area contributed by atoms with Crippen LogP contribution in [0.5, 0.6) is 0 Å². The molecule has 0 amide bonds. The van der Waals surface area contributed by atoms with Gasteiger partial charge in [0.05, 0.1) is 0 Å². The topological polar surface area (TPSA) is 17.1 Å². The second-order valence-electron chi connectivity index (χ2n) is 3.17. The number of aryl methyl sites for hydroxylation is 1. The summed E-state index contributed by atoms with van der Waals surface area (Å²) in [6.45, 7) is 2.03. The molecule has 1 nitrogen and oxygen atoms in total. The van der Waals surface area contributed by atoms with Crippen LogP contribution in [0.1, 0.15) is 15.9 Å². The van der Waals surface area contributed by atoms with Gasteiger partial charge in [-0.15, -0.1) is 11.3 Å². The second kappa shape index (κ2) is 3.76. The summed E-state index contributed by atoms with van der Waals surface area (Å²) in [5.74, 6) is 0. The summed E-state index contributed by atoms with van der Waals surface area (Å²) in [5, 5.41) is 2.06. The Kier molecular flexibility index (Phi) is 2.46. The fourth-order valence-electron chi connectivity index (χ4n) is 1.47.